The van der Waals surface area contributed by atoms with E-state index in [0.717, 1.165) is 11.3 Å². The predicted octanol–water partition coefficient (Wildman–Crippen LogP) is 1.51. The molecule has 0 atom stereocenters. The van der Waals surface area contributed by atoms with Crippen LogP contribution >= 0.6 is 11.3 Å². The van der Waals surface area contributed by atoms with Crippen LogP contribution in [0, 0.1) is 10.1 Å². The Bertz CT molecular complexity index is 586. The fraction of sp³-hybridized carbons (Fsp3) is 0.125. The molecule has 15 heavy (non-hydrogen) atoms. The summed E-state index contributed by atoms with van der Waals surface area (Å²) in [6.07, 6.45) is 0. The molecule has 0 amide bonds. The number of hydrogen-bond acceptors (Lipinski definition) is 5. The number of fused-ring (bicyclic) bond motifs is 1. The second-order valence-corrected chi connectivity index (χ2v) is 3.81. The highest BCUT2D eigenvalue weighted by molar-refractivity contribution is 7.16. The number of nitrogens with zero attached hydrogens (tertiary/aromatic N) is 1. The van der Waals surface area contributed by atoms with Gasteiger partial charge in [-0.15, -0.1) is 0 Å². The lowest BCUT2D eigenvalue weighted by Crippen LogP contribution is -1.94. The molecule has 2 aromatic rings. The molecule has 1 aromatic heterocycles. The van der Waals surface area contributed by atoms with Gasteiger partial charge in [0.25, 0.3) is 5.69 Å². The van der Waals surface area contributed by atoms with Gasteiger partial charge in [-0.2, -0.15) is 0 Å². The number of nitrogens with one attached hydrogen (secondary N) is 1. The summed E-state index contributed by atoms with van der Waals surface area (Å²) in [6.45, 7) is 0. The molecule has 0 aliphatic carbocycles. The van der Waals surface area contributed by atoms with Crippen molar-refractivity contribution >= 4 is 27.2 Å². The average molecular weight is 226 g/mol. The molecule has 7 heteroatoms. The Hall–Kier alpha value is -1.89. The molecular weight excluding hydrogens is 220 g/mol. The number of methoxy groups -OCH3 is 1. The number of aromatic nitrogens is 1. The molecule has 1 aromatic carbocycles. The van der Waals surface area contributed by atoms with Gasteiger partial charge in [-0.3, -0.25) is 14.9 Å². The van der Waals surface area contributed by atoms with Crippen molar-refractivity contribution in [1.29, 1.82) is 0 Å². The lowest BCUT2D eigenvalue weighted by atomic mass is 10.3. The molecule has 78 valence electrons. The monoisotopic (exact) mass is 226 g/mol. The highest BCUT2D eigenvalue weighted by atomic mass is 32.1. The van der Waals surface area contributed by atoms with Crippen molar-refractivity contribution < 1.29 is 9.66 Å². The van der Waals surface area contributed by atoms with Gasteiger partial charge >= 0.3 is 4.87 Å². The van der Waals surface area contributed by atoms with E-state index in [2.05, 4.69) is 4.98 Å². The molecule has 0 unspecified atom stereocenters. The highest BCUT2D eigenvalue weighted by Gasteiger charge is 2.16. The van der Waals surface area contributed by atoms with Crippen LogP contribution in [0.25, 0.3) is 10.2 Å². The third-order valence-corrected chi connectivity index (χ3v) is 2.75. The first-order valence-electron chi connectivity index (χ1n) is 3.97. The molecule has 0 aliphatic rings. The number of aromatic amines is 1. The Morgan fingerprint density at radius 2 is 2.27 bits per heavy atom. The van der Waals surface area contributed by atoms with E-state index in [-0.39, 0.29) is 16.1 Å². The van der Waals surface area contributed by atoms with Gasteiger partial charge in [-0.25, -0.2) is 0 Å². The van der Waals surface area contributed by atoms with Gasteiger partial charge in [0.2, 0.25) is 0 Å². The van der Waals surface area contributed by atoms with Crippen LogP contribution in [-0.2, 0) is 0 Å². The van der Waals surface area contributed by atoms with E-state index >= 15 is 0 Å². The maximum absolute atomic E-state index is 11.1. The minimum Gasteiger partial charge on any atom is -0.496 e. The van der Waals surface area contributed by atoms with Gasteiger partial charge in [-0.05, 0) is 0 Å². The number of hydrogen-bond donors (Lipinski definition) is 1. The molecule has 0 fully saturated rings. The van der Waals surface area contributed by atoms with E-state index in [4.69, 9.17) is 4.74 Å². The van der Waals surface area contributed by atoms with Gasteiger partial charge in [0.15, 0.2) is 0 Å². The summed E-state index contributed by atoms with van der Waals surface area (Å²) >= 11 is 0.918. The fourth-order valence-corrected chi connectivity index (χ4v) is 2.06. The summed E-state index contributed by atoms with van der Waals surface area (Å²) in [7, 11) is 1.42. The number of benzene rings is 1. The van der Waals surface area contributed by atoms with Crippen LogP contribution in [0.15, 0.2) is 16.9 Å². The number of thiazole rings is 1. The minimum absolute atomic E-state index is 0.150. The Morgan fingerprint density at radius 1 is 1.53 bits per heavy atom. The van der Waals surface area contributed by atoms with Crippen molar-refractivity contribution in [3.05, 3.63) is 31.9 Å². The summed E-state index contributed by atoms with van der Waals surface area (Å²) in [6, 6.07) is 2.87. The lowest BCUT2D eigenvalue weighted by Gasteiger charge is -1.99. The summed E-state index contributed by atoms with van der Waals surface area (Å²) in [5, 5.41) is 10.7. The first-order chi connectivity index (χ1) is 7.11. The first kappa shape index (κ1) is 9.66. The zero-order valence-corrected chi connectivity index (χ0v) is 8.46. The van der Waals surface area contributed by atoms with Crippen LogP contribution in [0.3, 0.4) is 0 Å². The number of non-ortho nitro benzene ring substituents is 1. The van der Waals surface area contributed by atoms with Crippen LogP contribution in [-0.4, -0.2) is 17.0 Å². The maximum atomic E-state index is 11.1. The lowest BCUT2D eigenvalue weighted by molar-refractivity contribution is -0.383. The second kappa shape index (κ2) is 3.35. The van der Waals surface area contributed by atoms with Gasteiger partial charge < -0.3 is 9.72 Å². The van der Waals surface area contributed by atoms with E-state index in [9.17, 15) is 14.9 Å². The van der Waals surface area contributed by atoms with E-state index < -0.39 is 4.92 Å². The topological polar surface area (TPSA) is 85.2 Å². The number of rotatable bonds is 2. The van der Waals surface area contributed by atoms with Crippen LogP contribution in [0.2, 0.25) is 0 Å². The summed E-state index contributed by atoms with van der Waals surface area (Å²) in [4.78, 5) is 23.3. The molecule has 1 N–H and O–H groups in total. The van der Waals surface area contributed by atoms with Crippen molar-refractivity contribution in [2.45, 2.75) is 0 Å². The highest BCUT2D eigenvalue weighted by Crippen LogP contribution is 2.30. The largest absolute Gasteiger partial charge is 0.496 e. The minimum atomic E-state index is -0.548. The van der Waals surface area contributed by atoms with Gasteiger partial charge in [0, 0.05) is 6.07 Å². The van der Waals surface area contributed by atoms with E-state index in [1.807, 2.05) is 0 Å². The zero-order valence-electron chi connectivity index (χ0n) is 7.64. The number of ether oxygens (including phenoxy) is 1. The normalized spacial score (nSPS) is 10.5. The predicted molar refractivity (Wildman–Crippen MR) is 55.7 cm³/mol. The molecule has 0 radical (unpaired) electrons. The molecule has 0 aliphatic heterocycles. The molecule has 0 saturated carbocycles. The molecular formula is C8H6N2O4S. The standard InChI is InChI=1S/C8H6N2O4S/c1-14-4-2-5(10(12)13)7-6(3-4)15-8(11)9-7/h2-3H,1H3,(H,9,11). The molecule has 1 heterocycles. The maximum Gasteiger partial charge on any atom is 0.305 e. The zero-order chi connectivity index (χ0) is 11.0. The third kappa shape index (κ3) is 1.57. The van der Waals surface area contributed by atoms with Crippen molar-refractivity contribution in [2.24, 2.45) is 0 Å². The Kier molecular flexibility index (Phi) is 2.16. The Labute approximate surface area is 87.3 Å². The second-order valence-electron chi connectivity index (χ2n) is 2.79. The first-order valence-corrected chi connectivity index (χ1v) is 4.78. The molecule has 0 bridgehead atoms. The summed E-state index contributed by atoms with van der Waals surface area (Å²) in [5.41, 5.74) is 0.0958. The van der Waals surface area contributed by atoms with Crippen molar-refractivity contribution in [3.8, 4) is 5.75 Å². The molecule has 2 rings (SSSR count). The van der Waals surface area contributed by atoms with E-state index in [0.29, 0.717) is 10.4 Å². The number of nitro benzene ring substituents is 1. The molecule has 0 saturated heterocycles. The SMILES string of the molecule is COc1cc([N+](=O)[O-])c2[nH]c(=O)sc2c1. The third-order valence-electron chi connectivity index (χ3n) is 1.92. The quantitative estimate of drug-likeness (QED) is 0.621. The Balaban J connectivity index is 2.85. The van der Waals surface area contributed by atoms with Gasteiger partial charge in [-0.1, -0.05) is 11.3 Å². The Morgan fingerprint density at radius 3 is 2.87 bits per heavy atom. The van der Waals surface area contributed by atoms with Crippen LogP contribution in [0.5, 0.6) is 5.75 Å². The van der Waals surface area contributed by atoms with E-state index in [1.54, 1.807) is 6.07 Å². The van der Waals surface area contributed by atoms with Crippen molar-refractivity contribution in [2.75, 3.05) is 7.11 Å². The van der Waals surface area contributed by atoms with Gasteiger partial charge in [0.05, 0.1) is 22.8 Å². The van der Waals surface area contributed by atoms with Crippen LogP contribution in [0.1, 0.15) is 0 Å². The van der Waals surface area contributed by atoms with Crippen LogP contribution < -0.4 is 9.61 Å². The summed E-state index contributed by atoms with van der Waals surface area (Å²) < 4.78 is 5.43. The smallest absolute Gasteiger partial charge is 0.305 e. The number of nitro groups is 1. The summed E-state index contributed by atoms with van der Waals surface area (Å²) in [5.74, 6) is 0.365. The molecule has 0 spiro atoms. The van der Waals surface area contributed by atoms with E-state index in [1.165, 1.54) is 13.2 Å². The number of H-pyrrole nitrogens is 1. The molecule has 6 nitrogen and oxygen atoms in total. The fourth-order valence-electron chi connectivity index (χ4n) is 1.27. The van der Waals surface area contributed by atoms with Crippen molar-refractivity contribution in [1.82, 2.24) is 4.98 Å². The van der Waals surface area contributed by atoms with Crippen LogP contribution in [0.4, 0.5) is 5.69 Å². The van der Waals surface area contributed by atoms with Gasteiger partial charge in [0.1, 0.15) is 11.3 Å². The average Bonchev–Trinajstić information content (AvgIpc) is 2.55. The van der Waals surface area contributed by atoms with Crippen molar-refractivity contribution in [3.63, 3.8) is 0 Å².